The van der Waals surface area contributed by atoms with Crippen LogP contribution in [-0.2, 0) is 16.1 Å². The Labute approximate surface area is 93.9 Å². The molecular formula is C12H12N2O2. The monoisotopic (exact) mass is 216 g/mol. The lowest BCUT2D eigenvalue weighted by Crippen LogP contribution is -2.07. The van der Waals surface area contributed by atoms with E-state index in [0.717, 1.165) is 12.0 Å². The zero-order valence-electron chi connectivity index (χ0n) is 9.01. The van der Waals surface area contributed by atoms with Crippen LogP contribution in [0.25, 0.3) is 0 Å². The van der Waals surface area contributed by atoms with E-state index in [0.29, 0.717) is 11.6 Å². The highest BCUT2D eigenvalue weighted by atomic mass is 16.5. The van der Waals surface area contributed by atoms with Gasteiger partial charge in [-0.2, -0.15) is 5.26 Å². The first-order valence-corrected chi connectivity index (χ1v) is 5.22. The average Bonchev–Trinajstić information content (AvgIpc) is 3.04. The topological polar surface area (TPSA) is 63.0 Å². The molecule has 0 amide bonds. The molecule has 1 fully saturated rings. The molecule has 2 atom stereocenters. The predicted octanol–water partition coefficient (Wildman–Crippen LogP) is 1.65. The highest BCUT2D eigenvalue weighted by Crippen LogP contribution is 2.38. The second-order valence-corrected chi connectivity index (χ2v) is 4.09. The molecule has 1 saturated carbocycles. The van der Waals surface area contributed by atoms with Crippen molar-refractivity contribution in [2.45, 2.75) is 20.0 Å². The Bertz CT molecular complexity index is 451. The molecule has 4 heteroatoms. The Hall–Kier alpha value is -1.89. The molecule has 4 nitrogen and oxygen atoms in total. The summed E-state index contributed by atoms with van der Waals surface area (Å²) >= 11 is 0. The van der Waals surface area contributed by atoms with Gasteiger partial charge in [-0.3, -0.25) is 4.79 Å². The second kappa shape index (κ2) is 4.31. The van der Waals surface area contributed by atoms with Gasteiger partial charge in [-0.15, -0.1) is 0 Å². The van der Waals surface area contributed by atoms with Crippen LogP contribution in [0, 0.1) is 23.2 Å². The van der Waals surface area contributed by atoms with Gasteiger partial charge in [-0.25, -0.2) is 4.98 Å². The molecular weight excluding hydrogens is 204 g/mol. The summed E-state index contributed by atoms with van der Waals surface area (Å²) in [5, 5.41) is 8.65. The molecule has 1 aromatic heterocycles. The highest BCUT2D eigenvalue weighted by molar-refractivity contribution is 5.75. The van der Waals surface area contributed by atoms with Crippen molar-refractivity contribution in [3.63, 3.8) is 0 Å². The van der Waals surface area contributed by atoms with Crippen LogP contribution in [0.15, 0.2) is 18.3 Å². The first-order valence-electron chi connectivity index (χ1n) is 5.22. The fraction of sp³-hybridized carbons (Fsp3) is 0.417. The summed E-state index contributed by atoms with van der Waals surface area (Å²) in [5.41, 5.74) is 1.14. The number of ether oxygens (including phenoxy) is 1. The van der Waals surface area contributed by atoms with Crippen LogP contribution in [0.5, 0.6) is 0 Å². The Kier molecular flexibility index (Phi) is 2.86. The summed E-state index contributed by atoms with van der Waals surface area (Å²) in [6.07, 6.45) is 2.47. The molecule has 0 radical (unpaired) electrons. The summed E-state index contributed by atoms with van der Waals surface area (Å²) in [6.45, 7) is 2.26. The average molecular weight is 216 g/mol. The van der Waals surface area contributed by atoms with Gasteiger partial charge in [0.25, 0.3) is 0 Å². The molecule has 1 aliphatic carbocycles. The van der Waals surface area contributed by atoms with Crippen LogP contribution in [0.1, 0.15) is 24.6 Å². The van der Waals surface area contributed by atoms with Crippen LogP contribution in [0.3, 0.4) is 0 Å². The van der Waals surface area contributed by atoms with Gasteiger partial charge < -0.3 is 4.74 Å². The lowest BCUT2D eigenvalue weighted by molar-refractivity contribution is -0.146. The number of hydrogen-bond acceptors (Lipinski definition) is 4. The van der Waals surface area contributed by atoms with Crippen LogP contribution < -0.4 is 0 Å². The summed E-state index contributed by atoms with van der Waals surface area (Å²) < 4.78 is 5.15. The van der Waals surface area contributed by atoms with Gasteiger partial charge in [0.1, 0.15) is 18.4 Å². The van der Waals surface area contributed by atoms with Crippen molar-refractivity contribution >= 4 is 5.97 Å². The number of aromatic nitrogens is 1. The van der Waals surface area contributed by atoms with Crippen molar-refractivity contribution in [1.82, 2.24) is 4.98 Å². The molecule has 1 aromatic rings. The van der Waals surface area contributed by atoms with E-state index in [1.54, 1.807) is 18.3 Å². The number of esters is 1. The molecule has 82 valence electrons. The molecule has 0 aliphatic heterocycles. The van der Waals surface area contributed by atoms with Crippen LogP contribution in [0.4, 0.5) is 0 Å². The predicted molar refractivity (Wildman–Crippen MR) is 56.0 cm³/mol. The summed E-state index contributed by atoms with van der Waals surface area (Å²) in [4.78, 5) is 15.3. The van der Waals surface area contributed by atoms with Crippen molar-refractivity contribution in [3.8, 4) is 6.07 Å². The number of rotatable bonds is 3. The maximum atomic E-state index is 11.4. The molecule has 0 bridgehead atoms. The summed E-state index contributed by atoms with van der Waals surface area (Å²) in [7, 11) is 0. The van der Waals surface area contributed by atoms with E-state index in [-0.39, 0.29) is 18.5 Å². The van der Waals surface area contributed by atoms with E-state index >= 15 is 0 Å². The van der Waals surface area contributed by atoms with E-state index in [2.05, 4.69) is 4.98 Å². The minimum atomic E-state index is -0.136. The van der Waals surface area contributed by atoms with Crippen molar-refractivity contribution < 1.29 is 9.53 Å². The van der Waals surface area contributed by atoms with Crippen LogP contribution in [-0.4, -0.2) is 11.0 Å². The van der Waals surface area contributed by atoms with E-state index in [4.69, 9.17) is 10.00 Å². The minimum absolute atomic E-state index is 0.0808. The molecule has 0 N–H and O–H groups in total. The highest BCUT2D eigenvalue weighted by Gasteiger charge is 2.40. The van der Waals surface area contributed by atoms with Crippen molar-refractivity contribution in [3.05, 3.63) is 29.6 Å². The van der Waals surface area contributed by atoms with E-state index in [1.807, 2.05) is 13.0 Å². The van der Waals surface area contributed by atoms with Gasteiger partial charge in [-0.1, -0.05) is 6.92 Å². The second-order valence-electron chi connectivity index (χ2n) is 4.09. The maximum Gasteiger partial charge on any atom is 0.309 e. The van der Waals surface area contributed by atoms with Gasteiger partial charge >= 0.3 is 5.97 Å². The first-order chi connectivity index (χ1) is 7.70. The van der Waals surface area contributed by atoms with Crippen molar-refractivity contribution in [2.24, 2.45) is 11.8 Å². The lowest BCUT2D eigenvalue weighted by atomic mass is 10.2. The normalized spacial score (nSPS) is 22.2. The van der Waals surface area contributed by atoms with Crippen LogP contribution in [0.2, 0.25) is 0 Å². The molecule has 1 aliphatic rings. The third kappa shape index (κ3) is 2.37. The molecule has 1 heterocycles. The Morgan fingerprint density at radius 2 is 2.50 bits per heavy atom. The number of carbonyl (C=O) groups is 1. The Morgan fingerprint density at radius 1 is 1.75 bits per heavy atom. The molecule has 0 aromatic carbocycles. The number of nitrogens with zero attached hydrogens (tertiary/aromatic N) is 2. The molecule has 2 rings (SSSR count). The van der Waals surface area contributed by atoms with E-state index in [1.165, 1.54) is 0 Å². The van der Waals surface area contributed by atoms with Gasteiger partial charge in [0, 0.05) is 6.20 Å². The summed E-state index contributed by atoms with van der Waals surface area (Å²) in [5.74, 6) is 0.403. The summed E-state index contributed by atoms with van der Waals surface area (Å²) in [6, 6.07) is 5.31. The molecule has 0 spiro atoms. The van der Waals surface area contributed by atoms with Gasteiger partial charge in [0.2, 0.25) is 0 Å². The number of nitriles is 1. The number of hydrogen-bond donors (Lipinski definition) is 0. The fourth-order valence-electron chi connectivity index (χ4n) is 1.54. The SMILES string of the molecule is C[C@@H]1C[C@@H]1C(=O)OCc1ccnc(C#N)c1. The molecule has 16 heavy (non-hydrogen) atoms. The first kappa shape index (κ1) is 10.6. The quantitative estimate of drug-likeness (QED) is 0.721. The zero-order valence-corrected chi connectivity index (χ0v) is 9.01. The van der Waals surface area contributed by atoms with Gasteiger partial charge in [0.15, 0.2) is 0 Å². The molecule has 0 unspecified atom stereocenters. The maximum absolute atomic E-state index is 11.4. The smallest absolute Gasteiger partial charge is 0.309 e. The zero-order chi connectivity index (χ0) is 11.5. The Balaban J connectivity index is 1.90. The van der Waals surface area contributed by atoms with Gasteiger partial charge in [0.05, 0.1) is 5.92 Å². The standard InChI is InChI=1S/C12H12N2O2/c1-8-4-11(8)12(15)16-7-9-2-3-14-10(5-9)6-13/h2-3,5,8,11H,4,7H2,1H3/t8-,11+/m1/s1. The lowest BCUT2D eigenvalue weighted by Gasteiger charge is -2.03. The molecule has 0 saturated heterocycles. The van der Waals surface area contributed by atoms with E-state index in [9.17, 15) is 4.79 Å². The Morgan fingerprint density at radius 3 is 3.12 bits per heavy atom. The van der Waals surface area contributed by atoms with Crippen molar-refractivity contribution in [2.75, 3.05) is 0 Å². The largest absolute Gasteiger partial charge is 0.461 e. The van der Waals surface area contributed by atoms with Gasteiger partial charge in [-0.05, 0) is 30.0 Å². The minimum Gasteiger partial charge on any atom is -0.461 e. The third-order valence-electron chi connectivity index (χ3n) is 2.73. The van der Waals surface area contributed by atoms with E-state index < -0.39 is 0 Å². The van der Waals surface area contributed by atoms with Crippen molar-refractivity contribution in [1.29, 1.82) is 5.26 Å². The van der Waals surface area contributed by atoms with Crippen LogP contribution >= 0.6 is 0 Å². The third-order valence-corrected chi connectivity index (χ3v) is 2.73. The fourth-order valence-corrected chi connectivity index (χ4v) is 1.54. The number of carbonyl (C=O) groups excluding carboxylic acids is 1. The number of pyridine rings is 1.